The lowest BCUT2D eigenvalue weighted by atomic mass is 10.2. The van der Waals surface area contributed by atoms with E-state index in [1.807, 2.05) is 18.2 Å². The molecule has 4 heteroatoms. The first-order valence-corrected chi connectivity index (χ1v) is 6.32. The van der Waals surface area contributed by atoms with Crippen LogP contribution in [-0.4, -0.2) is 26.4 Å². The van der Waals surface area contributed by atoms with Gasteiger partial charge in [-0.15, -0.1) is 0 Å². The van der Waals surface area contributed by atoms with E-state index in [2.05, 4.69) is 5.32 Å². The molecule has 1 aliphatic heterocycles. The zero-order valence-electron chi connectivity index (χ0n) is 10.0. The Bertz CT molecular complexity index is 364. The second-order valence-electron chi connectivity index (χ2n) is 4.23. The van der Waals surface area contributed by atoms with Crippen molar-refractivity contribution in [2.45, 2.75) is 25.5 Å². The van der Waals surface area contributed by atoms with Crippen LogP contribution < -0.4 is 10.1 Å². The van der Waals surface area contributed by atoms with Gasteiger partial charge < -0.3 is 14.8 Å². The minimum atomic E-state index is 0.378. The molecule has 0 spiro atoms. The molecule has 94 valence electrons. The minimum absolute atomic E-state index is 0.378. The second kappa shape index (κ2) is 6.24. The first kappa shape index (κ1) is 12.7. The summed E-state index contributed by atoms with van der Waals surface area (Å²) in [4.78, 5) is 0. The van der Waals surface area contributed by atoms with E-state index in [9.17, 15) is 0 Å². The quantitative estimate of drug-likeness (QED) is 0.877. The lowest BCUT2D eigenvalue weighted by molar-refractivity contribution is 0.110. The van der Waals surface area contributed by atoms with Crippen molar-refractivity contribution in [1.29, 1.82) is 0 Å². The summed E-state index contributed by atoms with van der Waals surface area (Å²) in [6, 6.07) is 5.85. The molecule has 2 rings (SSSR count). The Labute approximate surface area is 107 Å². The van der Waals surface area contributed by atoms with E-state index in [0.29, 0.717) is 11.1 Å². The van der Waals surface area contributed by atoms with Crippen molar-refractivity contribution in [3.05, 3.63) is 28.8 Å². The molecule has 1 N–H and O–H groups in total. The first-order valence-electron chi connectivity index (χ1n) is 5.94. The van der Waals surface area contributed by atoms with Gasteiger partial charge in [0.25, 0.3) is 0 Å². The number of hydrogen-bond donors (Lipinski definition) is 1. The lowest BCUT2D eigenvalue weighted by Crippen LogP contribution is -2.25. The number of rotatable bonds is 5. The zero-order valence-corrected chi connectivity index (χ0v) is 10.8. The van der Waals surface area contributed by atoms with E-state index >= 15 is 0 Å². The largest absolute Gasteiger partial charge is 0.495 e. The summed E-state index contributed by atoms with van der Waals surface area (Å²) >= 11 is 6.06. The highest BCUT2D eigenvalue weighted by Gasteiger charge is 2.14. The number of halogens is 1. The molecular formula is C13H18ClNO2. The number of methoxy groups -OCH3 is 1. The zero-order chi connectivity index (χ0) is 12.1. The smallest absolute Gasteiger partial charge is 0.137 e. The predicted molar refractivity (Wildman–Crippen MR) is 68.7 cm³/mol. The Kier molecular flexibility index (Phi) is 4.66. The molecule has 1 heterocycles. The molecule has 0 bridgehead atoms. The van der Waals surface area contributed by atoms with Crippen molar-refractivity contribution in [3.8, 4) is 5.75 Å². The summed E-state index contributed by atoms with van der Waals surface area (Å²) in [5, 5.41) is 4.04. The Morgan fingerprint density at radius 3 is 3.06 bits per heavy atom. The summed E-state index contributed by atoms with van der Waals surface area (Å²) in [7, 11) is 1.62. The fourth-order valence-corrected chi connectivity index (χ4v) is 2.28. The monoisotopic (exact) mass is 255 g/mol. The maximum absolute atomic E-state index is 6.06. The average molecular weight is 256 g/mol. The fraction of sp³-hybridized carbons (Fsp3) is 0.538. The Hall–Kier alpha value is -0.770. The molecule has 3 nitrogen and oxygen atoms in total. The molecule has 0 aromatic heterocycles. The second-order valence-corrected chi connectivity index (χ2v) is 4.64. The highest BCUT2D eigenvalue weighted by Crippen LogP contribution is 2.24. The van der Waals surface area contributed by atoms with Crippen LogP contribution in [-0.2, 0) is 11.3 Å². The van der Waals surface area contributed by atoms with E-state index < -0.39 is 0 Å². The summed E-state index contributed by atoms with van der Waals surface area (Å²) in [6.45, 7) is 2.62. The number of hydrogen-bond acceptors (Lipinski definition) is 3. The van der Waals surface area contributed by atoms with E-state index in [1.165, 1.54) is 6.42 Å². The molecule has 1 aromatic carbocycles. The Balaban J connectivity index is 1.80. The summed E-state index contributed by atoms with van der Waals surface area (Å²) in [5.41, 5.74) is 1.16. The third-order valence-electron chi connectivity index (χ3n) is 2.94. The van der Waals surface area contributed by atoms with E-state index in [-0.39, 0.29) is 0 Å². The average Bonchev–Trinajstić information content (AvgIpc) is 2.82. The lowest BCUT2D eigenvalue weighted by Gasteiger charge is -2.11. The molecule has 0 aliphatic carbocycles. The highest BCUT2D eigenvalue weighted by atomic mass is 35.5. The molecule has 17 heavy (non-hydrogen) atoms. The summed E-state index contributed by atoms with van der Waals surface area (Å²) in [5.74, 6) is 0.717. The van der Waals surface area contributed by atoms with Crippen LogP contribution in [0.5, 0.6) is 5.75 Å². The van der Waals surface area contributed by atoms with Gasteiger partial charge in [0.15, 0.2) is 0 Å². The van der Waals surface area contributed by atoms with Crippen molar-refractivity contribution in [3.63, 3.8) is 0 Å². The molecule has 1 atom stereocenters. The maximum Gasteiger partial charge on any atom is 0.137 e. The number of nitrogens with one attached hydrogen (secondary N) is 1. The first-order chi connectivity index (χ1) is 8.29. The normalized spacial score (nSPS) is 19.5. The van der Waals surface area contributed by atoms with Crippen LogP contribution in [0.25, 0.3) is 0 Å². The molecule has 1 fully saturated rings. The van der Waals surface area contributed by atoms with Crippen LogP contribution >= 0.6 is 11.6 Å². The predicted octanol–water partition coefficient (Wildman–Crippen LogP) is 2.62. The Morgan fingerprint density at radius 2 is 2.41 bits per heavy atom. The fourth-order valence-electron chi connectivity index (χ4n) is 2.00. The van der Waals surface area contributed by atoms with E-state index in [0.717, 1.165) is 37.4 Å². The number of benzene rings is 1. The topological polar surface area (TPSA) is 30.5 Å². The maximum atomic E-state index is 6.06. The molecule has 1 saturated heterocycles. The van der Waals surface area contributed by atoms with Crippen molar-refractivity contribution in [2.24, 2.45) is 0 Å². The van der Waals surface area contributed by atoms with Crippen molar-refractivity contribution >= 4 is 11.6 Å². The highest BCUT2D eigenvalue weighted by molar-refractivity contribution is 6.32. The van der Waals surface area contributed by atoms with Crippen LogP contribution in [0.2, 0.25) is 5.02 Å². The van der Waals surface area contributed by atoms with Crippen LogP contribution in [0.3, 0.4) is 0 Å². The molecule has 1 aromatic rings. The molecule has 1 unspecified atom stereocenters. The number of ether oxygens (including phenoxy) is 2. The van der Waals surface area contributed by atoms with Crippen LogP contribution in [0.4, 0.5) is 0 Å². The Morgan fingerprint density at radius 1 is 1.53 bits per heavy atom. The molecular weight excluding hydrogens is 238 g/mol. The SMILES string of the molecule is COc1ccc(CNCC2CCCO2)cc1Cl. The van der Waals surface area contributed by atoms with Gasteiger partial charge >= 0.3 is 0 Å². The van der Waals surface area contributed by atoms with Gasteiger partial charge in [0.1, 0.15) is 5.75 Å². The van der Waals surface area contributed by atoms with Gasteiger partial charge in [-0.3, -0.25) is 0 Å². The molecule has 1 aliphatic rings. The van der Waals surface area contributed by atoms with Gasteiger partial charge in [-0.25, -0.2) is 0 Å². The minimum Gasteiger partial charge on any atom is -0.495 e. The van der Waals surface area contributed by atoms with Crippen LogP contribution in [0, 0.1) is 0 Å². The van der Waals surface area contributed by atoms with Crippen molar-refractivity contribution < 1.29 is 9.47 Å². The van der Waals surface area contributed by atoms with E-state index in [1.54, 1.807) is 7.11 Å². The summed E-state index contributed by atoms with van der Waals surface area (Å²) in [6.07, 6.45) is 2.72. The molecule has 0 saturated carbocycles. The van der Waals surface area contributed by atoms with Crippen LogP contribution in [0.1, 0.15) is 18.4 Å². The van der Waals surface area contributed by atoms with Gasteiger partial charge in [0.05, 0.1) is 18.2 Å². The van der Waals surface area contributed by atoms with E-state index in [4.69, 9.17) is 21.1 Å². The van der Waals surface area contributed by atoms with Crippen molar-refractivity contribution in [2.75, 3.05) is 20.3 Å². The van der Waals surface area contributed by atoms with Gasteiger partial charge in [0.2, 0.25) is 0 Å². The van der Waals surface area contributed by atoms with Crippen molar-refractivity contribution in [1.82, 2.24) is 5.32 Å². The van der Waals surface area contributed by atoms with Gasteiger partial charge in [-0.05, 0) is 30.5 Å². The van der Waals surface area contributed by atoms with Gasteiger partial charge in [-0.1, -0.05) is 17.7 Å². The molecule has 0 radical (unpaired) electrons. The van der Waals surface area contributed by atoms with Gasteiger partial charge in [-0.2, -0.15) is 0 Å². The van der Waals surface area contributed by atoms with Crippen LogP contribution in [0.15, 0.2) is 18.2 Å². The third kappa shape index (κ3) is 3.60. The molecule has 0 amide bonds. The third-order valence-corrected chi connectivity index (χ3v) is 3.24. The standard InChI is InChI=1S/C13H18ClNO2/c1-16-13-5-4-10(7-12(13)14)8-15-9-11-3-2-6-17-11/h4-5,7,11,15H,2-3,6,8-9H2,1H3. The summed E-state index contributed by atoms with van der Waals surface area (Å²) < 4.78 is 10.7. The van der Waals surface area contributed by atoms with Gasteiger partial charge in [0, 0.05) is 19.7 Å².